The Labute approximate surface area is 183 Å². The Kier molecular flexibility index (Phi) is 8.86. The van der Waals surface area contributed by atoms with Crippen molar-refractivity contribution in [2.24, 2.45) is 5.92 Å². The van der Waals surface area contributed by atoms with Gasteiger partial charge in [-0.05, 0) is 62.5 Å². The van der Waals surface area contributed by atoms with E-state index in [1.165, 1.54) is 0 Å². The first kappa shape index (κ1) is 27.3. The fourth-order valence-corrected chi connectivity index (χ4v) is 5.75. The molecule has 0 bridgehead atoms. The number of rotatable bonds is 11. The molecule has 29 heavy (non-hydrogen) atoms. The van der Waals surface area contributed by atoms with Crippen LogP contribution in [0.15, 0.2) is 0 Å². The summed E-state index contributed by atoms with van der Waals surface area (Å²) in [7, 11) is -3.54. The first-order valence-corrected chi connectivity index (χ1v) is 17.3. The van der Waals surface area contributed by atoms with Gasteiger partial charge in [0.05, 0.1) is 18.8 Å². The minimum Gasteiger partial charge on any atom is -0.417 e. The molecule has 0 aliphatic carbocycles. The van der Waals surface area contributed by atoms with Crippen LogP contribution in [0.25, 0.3) is 0 Å². The summed E-state index contributed by atoms with van der Waals surface area (Å²) in [4.78, 5) is 0. The van der Waals surface area contributed by atoms with E-state index in [0.29, 0.717) is 0 Å². The van der Waals surface area contributed by atoms with Crippen LogP contribution in [0.3, 0.4) is 0 Å². The summed E-state index contributed by atoms with van der Waals surface area (Å²) < 4.78 is 19.1. The number of aliphatic hydroxyl groups is 1. The summed E-state index contributed by atoms with van der Waals surface area (Å²) in [6.45, 7) is 28.2. The monoisotopic (exact) mass is 446 g/mol. The zero-order valence-electron chi connectivity index (χ0n) is 21.4. The third-order valence-electron chi connectivity index (χ3n) is 7.72. The molecule has 4 atom stereocenters. The molecule has 1 aliphatic heterocycles. The van der Waals surface area contributed by atoms with Crippen LogP contribution < -0.4 is 0 Å². The van der Waals surface area contributed by atoms with E-state index in [1.807, 2.05) is 6.92 Å². The molecule has 1 N–H and O–H groups in total. The largest absolute Gasteiger partial charge is 0.417 e. The van der Waals surface area contributed by atoms with Gasteiger partial charge in [0.15, 0.2) is 16.6 Å². The average Bonchev–Trinajstić information content (AvgIpc) is 3.23. The van der Waals surface area contributed by atoms with E-state index < -0.39 is 16.6 Å². The van der Waals surface area contributed by atoms with Gasteiger partial charge < -0.3 is 18.7 Å². The average molecular weight is 447 g/mol. The first-order chi connectivity index (χ1) is 12.9. The van der Waals surface area contributed by atoms with Crippen LogP contribution in [0.5, 0.6) is 0 Å². The van der Waals surface area contributed by atoms with Crippen molar-refractivity contribution in [2.45, 2.75) is 129 Å². The molecule has 0 radical (unpaired) electrons. The number of epoxide rings is 1. The van der Waals surface area contributed by atoms with Crippen LogP contribution in [-0.4, -0.2) is 52.8 Å². The molecule has 0 amide bonds. The van der Waals surface area contributed by atoms with Crippen molar-refractivity contribution in [2.75, 3.05) is 13.2 Å². The highest BCUT2D eigenvalue weighted by atomic mass is 28.4. The van der Waals surface area contributed by atoms with Crippen LogP contribution >= 0.6 is 0 Å². The van der Waals surface area contributed by atoms with Crippen LogP contribution in [0.2, 0.25) is 36.3 Å². The molecule has 0 aromatic rings. The quantitative estimate of drug-likeness (QED) is 0.228. The summed E-state index contributed by atoms with van der Waals surface area (Å²) in [5, 5.41) is 10.1. The summed E-state index contributed by atoms with van der Waals surface area (Å²) in [5.74, 6) is 0.280. The van der Waals surface area contributed by atoms with Gasteiger partial charge in [0, 0.05) is 12.5 Å². The van der Waals surface area contributed by atoms with Crippen molar-refractivity contribution in [3.05, 3.63) is 0 Å². The van der Waals surface area contributed by atoms with Gasteiger partial charge in [-0.2, -0.15) is 0 Å². The standard InChI is InChI=1S/C23H50O4Si2/c1-18(20-23(8,17-24)26-20)19(27-29(11,12)22(5,6)7)15-13-14-16-25-28(9,10)21(2,3)4/h18-20,24H,13-17H2,1-12H3/t18-,19+,20+,23+/m1/s1. The van der Waals surface area contributed by atoms with E-state index in [1.54, 1.807) is 0 Å². The normalized spacial score (nSPS) is 25.8. The Hall–Kier alpha value is 0.274. The topological polar surface area (TPSA) is 51.2 Å². The van der Waals surface area contributed by atoms with E-state index in [9.17, 15) is 5.11 Å². The summed E-state index contributed by atoms with van der Waals surface area (Å²) in [5.41, 5.74) is -0.389. The molecular weight excluding hydrogens is 396 g/mol. The van der Waals surface area contributed by atoms with Crippen molar-refractivity contribution in [1.29, 1.82) is 0 Å². The maximum absolute atomic E-state index is 9.65. The zero-order valence-corrected chi connectivity index (χ0v) is 23.4. The van der Waals surface area contributed by atoms with E-state index in [-0.39, 0.29) is 40.4 Å². The second kappa shape index (κ2) is 9.41. The van der Waals surface area contributed by atoms with Crippen LogP contribution in [0, 0.1) is 5.92 Å². The minimum atomic E-state index is -1.87. The highest BCUT2D eigenvalue weighted by Crippen LogP contribution is 2.45. The maximum atomic E-state index is 9.65. The molecule has 1 aliphatic rings. The summed E-state index contributed by atoms with van der Waals surface area (Å²) >= 11 is 0. The van der Waals surface area contributed by atoms with E-state index in [0.717, 1.165) is 25.9 Å². The molecule has 6 heteroatoms. The molecule has 1 rings (SSSR count). The third kappa shape index (κ3) is 7.14. The van der Waals surface area contributed by atoms with Crippen LogP contribution in [0.4, 0.5) is 0 Å². The number of aliphatic hydroxyl groups excluding tert-OH is 1. The van der Waals surface area contributed by atoms with Gasteiger partial charge in [-0.15, -0.1) is 0 Å². The van der Waals surface area contributed by atoms with Crippen molar-refractivity contribution in [3.63, 3.8) is 0 Å². The lowest BCUT2D eigenvalue weighted by Gasteiger charge is -2.41. The Morgan fingerprint density at radius 2 is 1.48 bits per heavy atom. The number of hydrogen-bond donors (Lipinski definition) is 1. The second-order valence-electron chi connectivity index (χ2n) is 12.4. The number of hydrogen-bond acceptors (Lipinski definition) is 4. The molecule has 1 heterocycles. The predicted octanol–water partition coefficient (Wildman–Crippen LogP) is 6.35. The summed E-state index contributed by atoms with van der Waals surface area (Å²) in [6, 6.07) is 0. The van der Waals surface area contributed by atoms with Gasteiger partial charge in [0.2, 0.25) is 0 Å². The minimum absolute atomic E-state index is 0.0785. The summed E-state index contributed by atoms with van der Waals surface area (Å²) in [6.07, 6.45) is 3.45. The molecule has 0 spiro atoms. The van der Waals surface area contributed by atoms with Crippen molar-refractivity contribution < 1.29 is 18.7 Å². The third-order valence-corrected chi connectivity index (χ3v) is 16.8. The van der Waals surface area contributed by atoms with Gasteiger partial charge in [-0.25, -0.2) is 0 Å². The molecule has 174 valence electrons. The van der Waals surface area contributed by atoms with Crippen LogP contribution in [0.1, 0.15) is 74.7 Å². The highest BCUT2D eigenvalue weighted by Gasteiger charge is 2.56. The fourth-order valence-electron chi connectivity index (χ4n) is 3.22. The second-order valence-corrected chi connectivity index (χ2v) is 22.0. The molecule has 0 aromatic heterocycles. The Balaban J connectivity index is 2.68. The molecule has 4 nitrogen and oxygen atoms in total. The molecule has 0 unspecified atom stereocenters. The SMILES string of the molecule is C[C@H]([C@H](CCCCO[Si](C)(C)C(C)(C)C)O[Si](C)(C)C(C)(C)C)[C@@H]1O[C@@]1(C)CO. The van der Waals surface area contributed by atoms with Gasteiger partial charge in [-0.3, -0.25) is 0 Å². The van der Waals surface area contributed by atoms with Gasteiger partial charge in [-0.1, -0.05) is 48.5 Å². The maximum Gasteiger partial charge on any atom is 0.192 e. The van der Waals surface area contributed by atoms with E-state index in [4.69, 9.17) is 13.6 Å². The lowest BCUT2D eigenvalue weighted by Crippen LogP contribution is -2.46. The lowest BCUT2D eigenvalue weighted by atomic mass is 9.91. The Bertz CT molecular complexity index is 522. The lowest BCUT2D eigenvalue weighted by molar-refractivity contribution is 0.0954. The molecule has 1 fully saturated rings. The predicted molar refractivity (Wildman–Crippen MR) is 129 cm³/mol. The molecular formula is C23H50O4Si2. The molecule has 1 saturated heterocycles. The van der Waals surface area contributed by atoms with Crippen molar-refractivity contribution in [1.82, 2.24) is 0 Å². The fraction of sp³-hybridized carbons (Fsp3) is 1.00. The number of ether oxygens (including phenoxy) is 1. The highest BCUT2D eigenvalue weighted by molar-refractivity contribution is 6.74. The zero-order chi connectivity index (χ0) is 22.9. The Morgan fingerprint density at radius 1 is 0.966 bits per heavy atom. The van der Waals surface area contributed by atoms with Gasteiger partial charge in [0.1, 0.15) is 5.60 Å². The van der Waals surface area contributed by atoms with Crippen molar-refractivity contribution in [3.8, 4) is 0 Å². The van der Waals surface area contributed by atoms with Gasteiger partial charge >= 0.3 is 0 Å². The molecule has 0 saturated carbocycles. The van der Waals surface area contributed by atoms with Crippen molar-refractivity contribution >= 4 is 16.6 Å². The molecule has 0 aromatic carbocycles. The Morgan fingerprint density at radius 3 is 1.90 bits per heavy atom. The van der Waals surface area contributed by atoms with Crippen LogP contribution in [-0.2, 0) is 13.6 Å². The van der Waals surface area contributed by atoms with Gasteiger partial charge in [0.25, 0.3) is 0 Å². The van der Waals surface area contributed by atoms with E-state index >= 15 is 0 Å². The smallest absolute Gasteiger partial charge is 0.192 e. The first-order valence-electron chi connectivity index (χ1n) is 11.5. The number of unbranched alkanes of at least 4 members (excludes halogenated alkanes) is 1. The van der Waals surface area contributed by atoms with E-state index in [2.05, 4.69) is 74.7 Å².